The van der Waals surface area contributed by atoms with Crippen molar-refractivity contribution in [2.75, 3.05) is 13.1 Å². The number of nitrogens with zero attached hydrogens (tertiary/aromatic N) is 3. The molecule has 7 heteroatoms. The number of carbonyl (C=O) groups is 1. The monoisotopic (exact) mass is 484 g/mol. The lowest BCUT2D eigenvalue weighted by Gasteiger charge is -2.20. The van der Waals surface area contributed by atoms with Crippen molar-refractivity contribution in [1.82, 2.24) is 20.2 Å². The van der Waals surface area contributed by atoms with Gasteiger partial charge in [0.25, 0.3) is 5.91 Å². The first kappa shape index (κ1) is 22.7. The maximum absolute atomic E-state index is 13.3. The van der Waals surface area contributed by atoms with Crippen LogP contribution in [0.1, 0.15) is 66.7 Å². The Labute approximate surface area is 205 Å². The van der Waals surface area contributed by atoms with Crippen LogP contribution in [-0.2, 0) is 0 Å². The summed E-state index contributed by atoms with van der Waals surface area (Å²) in [6.07, 6.45) is 15.1. The fourth-order valence-electron chi connectivity index (χ4n) is 4.94. The average molecular weight is 485 g/mol. The maximum Gasteiger partial charge on any atom is 0.286 e. The molecule has 0 bridgehead atoms. The molecule has 33 heavy (non-hydrogen) atoms. The van der Waals surface area contributed by atoms with Crippen LogP contribution < -0.4 is 5.43 Å². The van der Waals surface area contributed by atoms with Gasteiger partial charge in [-0.3, -0.25) is 10.2 Å². The summed E-state index contributed by atoms with van der Waals surface area (Å²) >= 11 is 12.7. The van der Waals surface area contributed by atoms with Gasteiger partial charge in [0.05, 0.1) is 16.4 Å². The Morgan fingerprint density at radius 3 is 2.52 bits per heavy atom. The van der Waals surface area contributed by atoms with Gasteiger partial charge in [-0.2, -0.15) is 5.10 Å². The van der Waals surface area contributed by atoms with E-state index in [2.05, 4.69) is 23.7 Å². The summed E-state index contributed by atoms with van der Waals surface area (Å²) in [6.45, 7) is 3.72. The number of allylic oxidation sites excluding steroid dienone is 4. The molecule has 1 unspecified atom stereocenters. The Morgan fingerprint density at radius 2 is 1.88 bits per heavy atom. The quantitative estimate of drug-likeness (QED) is 0.535. The van der Waals surface area contributed by atoms with Gasteiger partial charge in [0.2, 0.25) is 0 Å². The summed E-state index contributed by atoms with van der Waals surface area (Å²) in [5.74, 6) is 1.27. The molecule has 3 aliphatic rings. The van der Waals surface area contributed by atoms with Crippen LogP contribution in [-0.4, -0.2) is 33.8 Å². The van der Waals surface area contributed by atoms with E-state index in [4.69, 9.17) is 28.3 Å². The van der Waals surface area contributed by atoms with E-state index in [1.165, 1.54) is 25.7 Å². The molecule has 1 amide bonds. The van der Waals surface area contributed by atoms with E-state index in [0.717, 1.165) is 55.1 Å². The summed E-state index contributed by atoms with van der Waals surface area (Å²) in [4.78, 5) is 13.3. The molecular weight excluding hydrogens is 455 g/mol. The first-order valence-electron chi connectivity index (χ1n) is 12.0. The van der Waals surface area contributed by atoms with Gasteiger partial charge in [0, 0.05) is 23.7 Å². The SMILES string of the molecule is Cc1c(C(=O)NN2CCCCCC2)nn(-c2ccc(Cl)cc2Cl)c1C1=CCC(C2CC2)C=C1. The second-order valence-electron chi connectivity index (χ2n) is 9.43. The number of halogens is 2. The minimum absolute atomic E-state index is 0.171. The molecule has 1 saturated heterocycles. The second kappa shape index (κ2) is 9.65. The Hall–Kier alpha value is -2.08. The number of carbonyl (C=O) groups excluding carboxylic acids is 1. The van der Waals surface area contributed by atoms with E-state index in [9.17, 15) is 4.79 Å². The van der Waals surface area contributed by atoms with Gasteiger partial charge in [-0.1, -0.05) is 54.3 Å². The highest BCUT2D eigenvalue weighted by Crippen LogP contribution is 2.42. The molecule has 5 rings (SSSR count). The Bertz CT molecular complexity index is 1110. The van der Waals surface area contributed by atoms with E-state index >= 15 is 0 Å². The fraction of sp³-hybridized carbons (Fsp3) is 0.462. The van der Waals surface area contributed by atoms with Crippen LogP contribution in [0, 0.1) is 18.8 Å². The minimum atomic E-state index is -0.171. The Morgan fingerprint density at radius 1 is 1.12 bits per heavy atom. The number of amides is 1. The van der Waals surface area contributed by atoms with Crippen molar-refractivity contribution in [2.24, 2.45) is 11.8 Å². The molecule has 1 aromatic heterocycles. The van der Waals surface area contributed by atoms with E-state index in [0.29, 0.717) is 27.3 Å². The highest BCUT2D eigenvalue weighted by Gasteiger charge is 2.31. The molecule has 2 aliphatic carbocycles. The lowest BCUT2D eigenvalue weighted by molar-refractivity contribution is 0.0788. The molecule has 2 fully saturated rings. The number of hydrazine groups is 1. The van der Waals surface area contributed by atoms with E-state index < -0.39 is 0 Å². The molecule has 2 aromatic rings. The predicted octanol–water partition coefficient (Wildman–Crippen LogP) is 6.38. The number of nitrogens with one attached hydrogen (secondary N) is 1. The lowest BCUT2D eigenvalue weighted by Crippen LogP contribution is -2.43. The third kappa shape index (κ3) is 4.91. The third-order valence-electron chi connectivity index (χ3n) is 6.97. The summed E-state index contributed by atoms with van der Waals surface area (Å²) in [7, 11) is 0. The Balaban J connectivity index is 1.51. The zero-order valence-electron chi connectivity index (χ0n) is 19.0. The number of hydrogen-bond donors (Lipinski definition) is 1. The van der Waals surface area contributed by atoms with Crippen molar-refractivity contribution in [2.45, 2.75) is 51.9 Å². The Kier molecular flexibility index (Phi) is 6.64. The van der Waals surface area contributed by atoms with Gasteiger partial charge in [-0.15, -0.1) is 0 Å². The number of hydrogen-bond acceptors (Lipinski definition) is 3. The number of benzene rings is 1. The van der Waals surface area contributed by atoms with Crippen molar-refractivity contribution in [3.63, 3.8) is 0 Å². The van der Waals surface area contributed by atoms with Crippen molar-refractivity contribution in [1.29, 1.82) is 0 Å². The van der Waals surface area contributed by atoms with Crippen molar-refractivity contribution >= 4 is 34.7 Å². The molecule has 0 radical (unpaired) electrons. The van der Waals surface area contributed by atoms with Gasteiger partial charge in [-0.05, 0) is 74.6 Å². The van der Waals surface area contributed by atoms with E-state index in [-0.39, 0.29) is 5.91 Å². The molecule has 1 aliphatic heterocycles. The summed E-state index contributed by atoms with van der Waals surface area (Å²) in [6, 6.07) is 5.37. The van der Waals surface area contributed by atoms with Crippen LogP contribution in [0.5, 0.6) is 0 Å². The highest BCUT2D eigenvalue weighted by atomic mass is 35.5. The average Bonchev–Trinajstić information content (AvgIpc) is 3.62. The second-order valence-corrected chi connectivity index (χ2v) is 10.3. The standard InChI is InChI=1S/C26H30Cl2N4O/c1-17-24(26(33)30-31-14-4-2-3-5-15-31)29-32(23-13-12-21(27)16-22(23)28)25(17)20-10-8-19(9-11-20)18-6-7-18/h8,10-13,16,18-19H,2-7,9,14-15H2,1H3,(H,30,33). The smallest absolute Gasteiger partial charge is 0.283 e. The van der Waals surface area contributed by atoms with Gasteiger partial charge >= 0.3 is 0 Å². The molecule has 1 saturated carbocycles. The topological polar surface area (TPSA) is 50.2 Å². The van der Waals surface area contributed by atoms with E-state index in [1.54, 1.807) is 16.8 Å². The fourth-order valence-corrected chi connectivity index (χ4v) is 5.43. The first-order chi connectivity index (χ1) is 16.0. The summed E-state index contributed by atoms with van der Waals surface area (Å²) in [5, 5.41) is 7.88. The van der Waals surface area contributed by atoms with Crippen molar-refractivity contribution in [3.8, 4) is 5.69 Å². The summed E-state index contributed by atoms with van der Waals surface area (Å²) in [5.41, 5.74) is 7.08. The van der Waals surface area contributed by atoms with Gasteiger partial charge in [0.1, 0.15) is 0 Å². The van der Waals surface area contributed by atoms with Crippen LogP contribution in [0.3, 0.4) is 0 Å². The lowest BCUT2D eigenvalue weighted by atomic mass is 9.90. The van der Waals surface area contributed by atoms with Gasteiger partial charge in [-0.25, -0.2) is 9.69 Å². The van der Waals surface area contributed by atoms with Gasteiger partial charge < -0.3 is 0 Å². The van der Waals surface area contributed by atoms with Crippen LogP contribution >= 0.6 is 23.2 Å². The van der Waals surface area contributed by atoms with Crippen LogP contribution in [0.4, 0.5) is 0 Å². The van der Waals surface area contributed by atoms with Crippen LogP contribution in [0.15, 0.2) is 36.4 Å². The first-order valence-corrected chi connectivity index (χ1v) is 12.8. The molecule has 1 atom stereocenters. The highest BCUT2D eigenvalue weighted by molar-refractivity contribution is 6.35. The molecular formula is C26H30Cl2N4O. The normalized spacial score (nSPS) is 21.5. The van der Waals surface area contributed by atoms with Crippen molar-refractivity contribution in [3.05, 3.63) is 63.4 Å². The summed E-state index contributed by atoms with van der Waals surface area (Å²) < 4.78 is 1.80. The number of rotatable bonds is 5. The van der Waals surface area contributed by atoms with Crippen LogP contribution in [0.25, 0.3) is 11.3 Å². The van der Waals surface area contributed by atoms with Crippen LogP contribution in [0.2, 0.25) is 10.0 Å². The van der Waals surface area contributed by atoms with E-state index in [1.807, 2.05) is 18.0 Å². The third-order valence-corrected chi connectivity index (χ3v) is 7.51. The molecule has 1 N–H and O–H groups in total. The predicted molar refractivity (Wildman–Crippen MR) is 134 cm³/mol. The zero-order chi connectivity index (χ0) is 22.9. The molecule has 1 aromatic carbocycles. The molecule has 2 heterocycles. The molecule has 174 valence electrons. The van der Waals surface area contributed by atoms with Crippen molar-refractivity contribution < 1.29 is 4.79 Å². The minimum Gasteiger partial charge on any atom is -0.283 e. The zero-order valence-corrected chi connectivity index (χ0v) is 20.5. The maximum atomic E-state index is 13.3. The largest absolute Gasteiger partial charge is 0.286 e. The molecule has 0 spiro atoms. The number of aromatic nitrogens is 2. The van der Waals surface area contributed by atoms with Gasteiger partial charge in [0.15, 0.2) is 5.69 Å². The molecule has 5 nitrogen and oxygen atoms in total.